The van der Waals surface area contributed by atoms with Crippen molar-refractivity contribution in [2.24, 2.45) is 7.05 Å². The first-order chi connectivity index (χ1) is 10.4. The van der Waals surface area contributed by atoms with Gasteiger partial charge in [-0.25, -0.2) is 13.4 Å². The van der Waals surface area contributed by atoms with Crippen LogP contribution < -0.4 is 4.72 Å². The average molecular weight is 315 g/mol. The maximum absolute atomic E-state index is 12.5. The van der Waals surface area contributed by atoms with Crippen molar-refractivity contribution < 1.29 is 8.42 Å². The van der Waals surface area contributed by atoms with Crippen LogP contribution >= 0.6 is 0 Å². The normalized spacial score (nSPS) is 11.8. The first kappa shape index (κ1) is 14.6. The number of aromatic nitrogens is 2. The predicted molar refractivity (Wildman–Crippen MR) is 87.4 cm³/mol. The molecule has 1 heterocycles. The summed E-state index contributed by atoms with van der Waals surface area (Å²) in [7, 11) is -1.72. The third-order valence-electron chi connectivity index (χ3n) is 3.78. The molecule has 1 aromatic heterocycles. The summed E-state index contributed by atoms with van der Waals surface area (Å²) >= 11 is 0. The monoisotopic (exact) mass is 315 g/mol. The van der Waals surface area contributed by atoms with E-state index in [-0.39, 0.29) is 4.90 Å². The first-order valence-electron chi connectivity index (χ1n) is 6.90. The highest BCUT2D eigenvalue weighted by Gasteiger charge is 2.17. The largest absolute Gasteiger partial charge is 0.331 e. The second-order valence-corrected chi connectivity index (χ2v) is 6.97. The zero-order valence-corrected chi connectivity index (χ0v) is 13.5. The summed E-state index contributed by atoms with van der Waals surface area (Å²) in [5.74, 6) is 0.844. The lowest BCUT2D eigenvalue weighted by Gasteiger charge is -2.10. The van der Waals surface area contributed by atoms with E-state index in [2.05, 4.69) is 9.71 Å². The smallest absolute Gasteiger partial charge is 0.261 e. The number of aryl methyl sites for hydroxylation is 3. The summed E-state index contributed by atoms with van der Waals surface area (Å²) in [5, 5.41) is 0. The average Bonchev–Trinajstić information content (AvgIpc) is 2.76. The highest BCUT2D eigenvalue weighted by Crippen LogP contribution is 2.23. The molecule has 0 unspecified atom stereocenters. The minimum absolute atomic E-state index is 0.210. The third-order valence-corrected chi connectivity index (χ3v) is 5.14. The molecule has 0 aliphatic carbocycles. The number of para-hydroxylation sites is 1. The van der Waals surface area contributed by atoms with Gasteiger partial charge in [0.1, 0.15) is 5.82 Å². The molecule has 2 aromatic carbocycles. The number of hydrogen-bond donors (Lipinski definition) is 1. The van der Waals surface area contributed by atoms with Crippen molar-refractivity contribution in [2.45, 2.75) is 18.7 Å². The maximum atomic E-state index is 12.5. The first-order valence-corrected chi connectivity index (χ1v) is 8.38. The van der Waals surface area contributed by atoms with Gasteiger partial charge in [-0.2, -0.15) is 0 Å². The molecule has 0 bridgehead atoms. The Kier molecular flexibility index (Phi) is 3.41. The Morgan fingerprint density at radius 3 is 2.55 bits per heavy atom. The Balaban J connectivity index is 2.04. The molecular formula is C16H17N3O2S. The SMILES string of the molecule is Cc1ccccc1NS(=O)(=O)c1ccc2c(c1)nc(C)n2C. The number of nitrogens with zero attached hydrogens (tertiary/aromatic N) is 2. The van der Waals surface area contributed by atoms with E-state index in [0.29, 0.717) is 11.2 Å². The quantitative estimate of drug-likeness (QED) is 0.808. The summed E-state index contributed by atoms with van der Waals surface area (Å²) in [4.78, 5) is 4.59. The molecule has 0 fully saturated rings. The van der Waals surface area contributed by atoms with Crippen LogP contribution in [0.2, 0.25) is 0 Å². The van der Waals surface area contributed by atoms with Crippen LogP contribution in [-0.4, -0.2) is 18.0 Å². The fourth-order valence-corrected chi connectivity index (χ4v) is 3.51. The van der Waals surface area contributed by atoms with E-state index in [1.54, 1.807) is 30.3 Å². The highest BCUT2D eigenvalue weighted by molar-refractivity contribution is 7.92. The Morgan fingerprint density at radius 2 is 1.82 bits per heavy atom. The summed E-state index contributed by atoms with van der Waals surface area (Å²) in [5.41, 5.74) is 3.04. The molecule has 3 rings (SSSR count). The molecule has 0 radical (unpaired) electrons. The number of hydrogen-bond acceptors (Lipinski definition) is 3. The third kappa shape index (κ3) is 2.46. The highest BCUT2D eigenvalue weighted by atomic mass is 32.2. The maximum Gasteiger partial charge on any atom is 0.261 e. The number of nitrogens with one attached hydrogen (secondary N) is 1. The van der Waals surface area contributed by atoms with Crippen molar-refractivity contribution in [3.05, 3.63) is 53.9 Å². The number of fused-ring (bicyclic) bond motifs is 1. The van der Waals surface area contributed by atoms with Gasteiger partial charge in [-0.1, -0.05) is 18.2 Å². The number of benzene rings is 2. The minimum atomic E-state index is -3.63. The van der Waals surface area contributed by atoms with Crippen LogP contribution in [0.1, 0.15) is 11.4 Å². The van der Waals surface area contributed by atoms with E-state index in [9.17, 15) is 8.42 Å². The molecule has 0 spiro atoms. The number of anilines is 1. The lowest BCUT2D eigenvalue weighted by atomic mass is 10.2. The van der Waals surface area contributed by atoms with Gasteiger partial charge in [0.05, 0.1) is 21.6 Å². The van der Waals surface area contributed by atoms with Gasteiger partial charge in [-0.15, -0.1) is 0 Å². The fraction of sp³-hybridized carbons (Fsp3) is 0.188. The van der Waals surface area contributed by atoms with Crippen molar-refractivity contribution in [3.63, 3.8) is 0 Å². The van der Waals surface area contributed by atoms with Gasteiger partial charge in [-0.05, 0) is 43.7 Å². The molecule has 6 heteroatoms. The van der Waals surface area contributed by atoms with Gasteiger partial charge in [0.2, 0.25) is 0 Å². The van der Waals surface area contributed by atoms with Crippen LogP contribution in [0.25, 0.3) is 11.0 Å². The lowest BCUT2D eigenvalue weighted by Crippen LogP contribution is -2.13. The summed E-state index contributed by atoms with van der Waals surface area (Å²) in [6, 6.07) is 12.3. The molecular weight excluding hydrogens is 298 g/mol. The van der Waals surface area contributed by atoms with Crippen molar-refractivity contribution in [1.29, 1.82) is 0 Å². The van der Waals surface area contributed by atoms with Crippen LogP contribution in [0.5, 0.6) is 0 Å². The summed E-state index contributed by atoms with van der Waals surface area (Å²) < 4.78 is 29.6. The van der Waals surface area contributed by atoms with Crippen LogP contribution in [0.4, 0.5) is 5.69 Å². The van der Waals surface area contributed by atoms with E-state index < -0.39 is 10.0 Å². The molecule has 1 N–H and O–H groups in total. The Morgan fingerprint density at radius 1 is 1.09 bits per heavy atom. The molecule has 0 aliphatic heterocycles. The standard InChI is InChI=1S/C16H17N3O2S/c1-11-6-4-5-7-14(11)18-22(20,21)13-8-9-16-15(10-13)17-12(2)19(16)3/h4-10,18H,1-3H3. The predicted octanol–water partition coefficient (Wildman–Crippen LogP) is 2.99. The van der Waals surface area contributed by atoms with Gasteiger partial charge >= 0.3 is 0 Å². The zero-order chi connectivity index (χ0) is 15.9. The number of rotatable bonds is 3. The van der Waals surface area contributed by atoms with E-state index >= 15 is 0 Å². The summed E-state index contributed by atoms with van der Waals surface area (Å²) in [6.45, 7) is 3.75. The molecule has 0 aliphatic rings. The van der Waals surface area contributed by atoms with Gasteiger partial charge in [-0.3, -0.25) is 4.72 Å². The zero-order valence-electron chi connectivity index (χ0n) is 12.7. The van der Waals surface area contributed by atoms with E-state index in [4.69, 9.17) is 0 Å². The van der Waals surface area contributed by atoms with Gasteiger partial charge in [0.25, 0.3) is 10.0 Å². The number of imidazole rings is 1. The van der Waals surface area contributed by atoms with E-state index in [1.807, 2.05) is 37.6 Å². The van der Waals surface area contributed by atoms with Crippen molar-refractivity contribution in [3.8, 4) is 0 Å². The molecule has 3 aromatic rings. The van der Waals surface area contributed by atoms with Crippen LogP contribution in [0.3, 0.4) is 0 Å². The minimum Gasteiger partial charge on any atom is -0.331 e. The van der Waals surface area contributed by atoms with Gasteiger partial charge in [0, 0.05) is 7.05 Å². The Labute approximate surface area is 129 Å². The van der Waals surface area contributed by atoms with Crippen LogP contribution in [0.15, 0.2) is 47.4 Å². The summed E-state index contributed by atoms with van der Waals surface area (Å²) in [6.07, 6.45) is 0. The molecule has 0 amide bonds. The van der Waals surface area contributed by atoms with Crippen LogP contribution in [-0.2, 0) is 17.1 Å². The molecule has 0 atom stereocenters. The number of sulfonamides is 1. The fourth-order valence-electron chi connectivity index (χ4n) is 2.36. The van der Waals surface area contributed by atoms with Gasteiger partial charge in [0.15, 0.2) is 0 Å². The lowest BCUT2D eigenvalue weighted by molar-refractivity contribution is 0.601. The van der Waals surface area contributed by atoms with E-state index in [0.717, 1.165) is 16.9 Å². The van der Waals surface area contributed by atoms with Gasteiger partial charge < -0.3 is 4.57 Å². The Bertz CT molecular complexity index is 959. The molecule has 5 nitrogen and oxygen atoms in total. The second kappa shape index (κ2) is 5.14. The van der Waals surface area contributed by atoms with Crippen molar-refractivity contribution in [2.75, 3.05) is 4.72 Å². The van der Waals surface area contributed by atoms with Crippen molar-refractivity contribution in [1.82, 2.24) is 9.55 Å². The topological polar surface area (TPSA) is 64.0 Å². The Hall–Kier alpha value is -2.34. The van der Waals surface area contributed by atoms with Crippen molar-refractivity contribution >= 4 is 26.7 Å². The second-order valence-electron chi connectivity index (χ2n) is 5.29. The molecule has 0 saturated carbocycles. The molecule has 22 heavy (non-hydrogen) atoms. The molecule has 0 saturated heterocycles. The van der Waals surface area contributed by atoms with Crippen LogP contribution in [0, 0.1) is 13.8 Å². The molecule has 114 valence electrons. The van der Waals surface area contributed by atoms with E-state index in [1.165, 1.54) is 0 Å².